The molecule has 0 bridgehead atoms. The van der Waals surface area contributed by atoms with Gasteiger partial charge in [0.05, 0.1) is 19.7 Å². The number of nitrogens with zero attached hydrogens (tertiary/aromatic N) is 1. The average molecular weight is 489 g/mol. The van der Waals surface area contributed by atoms with Crippen LogP contribution in [0, 0.1) is 5.41 Å². The molecule has 3 aromatic carbocycles. The van der Waals surface area contributed by atoms with Crippen LogP contribution in [-0.2, 0) is 22.6 Å². The fourth-order valence-electron chi connectivity index (χ4n) is 4.57. The number of amides is 2. The van der Waals surface area contributed by atoms with E-state index in [0.29, 0.717) is 24.2 Å². The molecule has 0 saturated heterocycles. The molecule has 0 saturated carbocycles. The largest absolute Gasteiger partial charge is 0.496 e. The highest BCUT2D eigenvalue weighted by Crippen LogP contribution is 2.34. The Labute approximate surface area is 210 Å². The number of hydrogen-bond donors (Lipinski definition) is 5. The monoisotopic (exact) mass is 488 g/mol. The number of nitrogens with one attached hydrogen (secondary N) is 4. The SMILES string of the molecule is CN[C@@H](C)C(=O)N[C@H]1CCc2ccccc2N(Cc2c(OC)ccc3cc(C(=N)NN)ccc23)C1=O. The molecule has 6 N–H and O–H groups in total. The number of nitrogens with two attached hydrogens (primary N) is 1. The summed E-state index contributed by atoms with van der Waals surface area (Å²) in [5.74, 6) is 5.81. The number of likely N-dealkylation sites (N-methyl/N-ethyl adjacent to an activating group) is 1. The van der Waals surface area contributed by atoms with E-state index in [2.05, 4.69) is 16.1 Å². The second kappa shape index (κ2) is 10.8. The van der Waals surface area contributed by atoms with Crippen LogP contribution in [0.2, 0.25) is 0 Å². The molecule has 4 rings (SSSR count). The fourth-order valence-corrected chi connectivity index (χ4v) is 4.57. The van der Waals surface area contributed by atoms with E-state index in [1.165, 1.54) is 0 Å². The molecule has 1 heterocycles. The fraction of sp³-hybridized carbons (Fsp3) is 0.296. The predicted molar refractivity (Wildman–Crippen MR) is 141 cm³/mol. The average Bonchev–Trinajstić information content (AvgIpc) is 3.04. The Morgan fingerprint density at radius 3 is 2.72 bits per heavy atom. The van der Waals surface area contributed by atoms with Crippen LogP contribution >= 0.6 is 0 Å². The molecule has 1 aliphatic heterocycles. The summed E-state index contributed by atoms with van der Waals surface area (Å²) < 4.78 is 5.70. The van der Waals surface area contributed by atoms with Crippen molar-refractivity contribution >= 4 is 34.1 Å². The summed E-state index contributed by atoms with van der Waals surface area (Å²) >= 11 is 0. The molecule has 3 aromatic rings. The number of amidine groups is 1. The Kier molecular flexibility index (Phi) is 7.52. The molecule has 0 radical (unpaired) electrons. The molecule has 0 spiro atoms. The van der Waals surface area contributed by atoms with Gasteiger partial charge in [0.15, 0.2) is 0 Å². The third-order valence-electron chi connectivity index (χ3n) is 6.75. The van der Waals surface area contributed by atoms with Gasteiger partial charge in [-0.2, -0.15) is 0 Å². The molecule has 2 amide bonds. The Bertz CT molecular complexity index is 1310. The number of methoxy groups -OCH3 is 1. The Morgan fingerprint density at radius 2 is 2.00 bits per heavy atom. The Morgan fingerprint density at radius 1 is 1.22 bits per heavy atom. The van der Waals surface area contributed by atoms with E-state index in [4.69, 9.17) is 16.0 Å². The molecule has 0 aliphatic carbocycles. The highest BCUT2D eigenvalue weighted by atomic mass is 16.5. The summed E-state index contributed by atoms with van der Waals surface area (Å²) in [5.41, 5.74) is 5.74. The molecule has 188 valence electrons. The van der Waals surface area contributed by atoms with Gasteiger partial charge in [-0.15, -0.1) is 0 Å². The van der Waals surface area contributed by atoms with E-state index in [-0.39, 0.29) is 24.2 Å². The number of hydrogen-bond acceptors (Lipinski definition) is 6. The number of ether oxygens (including phenoxy) is 1. The zero-order valence-corrected chi connectivity index (χ0v) is 20.7. The smallest absolute Gasteiger partial charge is 0.249 e. The Hall–Kier alpha value is -3.95. The summed E-state index contributed by atoms with van der Waals surface area (Å²) in [4.78, 5) is 28.2. The second-order valence-corrected chi connectivity index (χ2v) is 8.86. The minimum absolute atomic E-state index is 0.111. The van der Waals surface area contributed by atoms with E-state index in [9.17, 15) is 9.59 Å². The van der Waals surface area contributed by atoms with Gasteiger partial charge in [-0.1, -0.05) is 36.4 Å². The third kappa shape index (κ3) is 4.89. The number of carbonyl (C=O) groups is 2. The van der Waals surface area contributed by atoms with Crippen LogP contribution in [0.5, 0.6) is 5.75 Å². The highest BCUT2D eigenvalue weighted by Gasteiger charge is 2.33. The van der Waals surface area contributed by atoms with Crippen molar-refractivity contribution in [2.75, 3.05) is 19.1 Å². The van der Waals surface area contributed by atoms with E-state index in [0.717, 1.165) is 27.6 Å². The number of hydrazine groups is 1. The van der Waals surface area contributed by atoms with Gasteiger partial charge in [-0.3, -0.25) is 15.0 Å². The van der Waals surface area contributed by atoms with Gasteiger partial charge in [-0.25, -0.2) is 5.84 Å². The summed E-state index contributed by atoms with van der Waals surface area (Å²) in [6.45, 7) is 2.02. The first kappa shape index (κ1) is 25.2. The second-order valence-electron chi connectivity index (χ2n) is 8.86. The summed E-state index contributed by atoms with van der Waals surface area (Å²) in [6, 6.07) is 16.2. The van der Waals surface area contributed by atoms with Crippen molar-refractivity contribution in [3.05, 3.63) is 71.3 Å². The maximum absolute atomic E-state index is 13.9. The molecule has 0 aromatic heterocycles. The van der Waals surface area contributed by atoms with Crippen molar-refractivity contribution in [2.24, 2.45) is 5.84 Å². The number of para-hydroxylation sites is 1. The molecule has 0 fully saturated rings. The molecule has 2 atom stereocenters. The maximum Gasteiger partial charge on any atom is 0.249 e. The Balaban J connectivity index is 1.78. The zero-order valence-electron chi connectivity index (χ0n) is 20.7. The first-order chi connectivity index (χ1) is 17.4. The molecule has 9 heteroatoms. The van der Waals surface area contributed by atoms with Gasteiger partial charge in [-0.05, 0) is 61.3 Å². The molecule has 0 unspecified atom stereocenters. The van der Waals surface area contributed by atoms with Crippen molar-refractivity contribution in [1.29, 1.82) is 5.41 Å². The van der Waals surface area contributed by atoms with E-state index in [1.807, 2.05) is 54.6 Å². The topological polar surface area (TPSA) is 133 Å². The van der Waals surface area contributed by atoms with Gasteiger partial charge in [0, 0.05) is 16.8 Å². The van der Waals surface area contributed by atoms with Gasteiger partial charge in [0.2, 0.25) is 11.8 Å². The zero-order chi connectivity index (χ0) is 25.8. The van der Waals surface area contributed by atoms with Crippen LogP contribution in [0.1, 0.15) is 30.0 Å². The lowest BCUT2D eigenvalue weighted by Gasteiger charge is -2.28. The number of aryl methyl sites for hydroxylation is 1. The van der Waals surface area contributed by atoms with Crippen LogP contribution in [0.4, 0.5) is 5.69 Å². The first-order valence-corrected chi connectivity index (χ1v) is 11.9. The minimum atomic E-state index is -0.649. The van der Waals surface area contributed by atoms with Gasteiger partial charge < -0.3 is 25.7 Å². The third-order valence-corrected chi connectivity index (χ3v) is 6.75. The normalized spacial score (nSPS) is 16.2. The first-order valence-electron chi connectivity index (χ1n) is 11.9. The number of rotatable bonds is 7. The van der Waals surface area contributed by atoms with Crippen LogP contribution in [0.25, 0.3) is 10.8 Å². The molecular formula is C27H32N6O3. The van der Waals surface area contributed by atoms with Crippen molar-refractivity contribution < 1.29 is 14.3 Å². The van der Waals surface area contributed by atoms with Crippen LogP contribution < -0.4 is 31.5 Å². The molecular weight excluding hydrogens is 456 g/mol. The van der Waals surface area contributed by atoms with E-state index >= 15 is 0 Å². The van der Waals surface area contributed by atoms with Crippen LogP contribution in [-0.4, -0.2) is 43.9 Å². The van der Waals surface area contributed by atoms with Gasteiger partial charge in [0.1, 0.15) is 17.6 Å². The minimum Gasteiger partial charge on any atom is -0.496 e. The highest BCUT2D eigenvalue weighted by molar-refractivity contribution is 6.03. The standard InChI is InChI=1S/C27H32N6O3/c1-16(30-2)26(34)31-22-12-9-17-6-4-5-7-23(17)33(27(22)35)15-21-20-11-8-19(25(28)32-29)14-18(20)10-13-24(21)36-3/h4-8,10-11,13-14,16,22,30H,9,12,15,29H2,1-3H3,(H2,28,32)(H,31,34)/t16-,22-/m0/s1. The van der Waals surface area contributed by atoms with E-state index < -0.39 is 12.1 Å². The number of fused-ring (bicyclic) bond motifs is 2. The molecule has 1 aliphatic rings. The van der Waals surface area contributed by atoms with Crippen LogP contribution in [0.15, 0.2) is 54.6 Å². The van der Waals surface area contributed by atoms with Crippen LogP contribution in [0.3, 0.4) is 0 Å². The number of anilines is 1. The van der Waals surface area contributed by atoms with Crippen molar-refractivity contribution in [1.82, 2.24) is 16.1 Å². The van der Waals surface area contributed by atoms with Crippen molar-refractivity contribution in [3.63, 3.8) is 0 Å². The van der Waals surface area contributed by atoms with Crippen molar-refractivity contribution in [3.8, 4) is 5.75 Å². The molecule has 36 heavy (non-hydrogen) atoms. The summed E-state index contributed by atoms with van der Waals surface area (Å²) in [7, 11) is 3.32. The van der Waals surface area contributed by atoms with E-state index in [1.54, 1.807) is 26.0 Å². The van der Waals surface area contributed by atoms with Crippen molar-refractivity contribution in [2.45, 2.75) is 38.4 Å². The lowest BCUT2D eigenvalue weighted by molar-refractivity contribution is -0.128. The predicted octanol–water partition coefficient (Wildman–Crippen LogP) is 2.21. The lowest BCUT2D eigenvalue weighted by Crippen LogP contribution is -2.52. The number of benzene rings is 3. The lowest BCUT2D eigenvalue weighted by atomic mass is 9.99. The summed E-state index contributed by atoms with van der Waals surface area (Å²) in [6.07, 6.45) is 1.18. The number of carbonyl (C=O) groups excluding carboxylic acids is 2. The quantitative estimate of drug-likeness (QED) is 0.150. The van der Waals surface area contributed by atoms with Gasteiger partial charge in [0.25, 0.3) is 0 Å². The van der Waals surface area contributed by atoms with Gasteiger partial charge >= 0.3 is 0 Å². The maximum atomic E-state index is 13.9. The molecule has 9 nitrogen and oxygen atoms in total. The summed E-state index contributed by atoms with van der Waals surface area (Å²) in [5, 5.41) is 15.7.